The third-order valence-electron chi connectivity index (χ3n) is 4.07. The van der Waals surface area contributed by atoms with Crippen LogP contribution in [0, 0.1) is 0 Å². The predicted octanol–water partition coefficient (Wildman–Crippen LogP) is 3.78. The van der Waals surface area contributed by atoms with Gasteiger partial charge in [-0.2, -0.15) is 0 Å². The molecule has 148 valence electrons. The van der Waals surface area contributed by atoms with Gasteiger partial charge in [-0.15, -0.1) is 0 Å². The molecular formula is C21H28LiO5P. The number of rotatable bonds is 11. The van der Waals surface area contributed by atoms with Gasteiger partial charge in [-0.3, -0.25) is 4.79 Å². The molecular weight excluding hydrogens is 370 g/mol. The van der Waals surface area contributed by atoms with Gasteiger partial charge in [0.15, 0.2) is 5.52 Å². The maximum absolute atomic E-state index is 12.9. The molecule has 0 bridgehead atoms. The van der Waals surface area contributed by atoms with E-state index in [4.69, 9.17) is 18.9 Å². The van der Waals surface area contributed by atoms with Gasteiger partial charge in [-0.25, -0.2) is 0 Å². The molecule has 0 saturated carbocycles. The zero-order chi connectivity index (χ0) is 19.6. The van der Waals surface area contributed by atoms with Crippen LogP contribution in [0.25, 0.3) is 0 Å². The Hall–Kier alpha value is -1.66. The van der Waals surface area contributed by atoms with Crippen LogP contribution in [0.1, 0.15) is 36.5 Å². The van der Waals surface area contributed by atoms with Gasteiger partial charge in [0.2, 0.25) is 0 Å². The normalized spacial score (nSPS) is 10.4. The van der Waals surface area contributed by atoms with Gasteiger partial charge in [0, 0.05) is 12.1 Å². The van der Waals surface area contributed by atoms with Gasteiger partial charge in [-0.05, 0) is 32.4 Å². The van der Waals surface area contributed by atoms with E-state index in [-0.39, 0.29) is 33.0 Å². The summed E-state index contributed by atoms with van der Waals surface area (Å²) in [4.78, 5) is 12.9. The summed E-state index contributed by atoms with van der Waals surface area (Å²) < 4.78 is 21.7. The van der Waals surface area contributed by atoms with Crippen molar-refractivity contribution < 1.29 is 23.7 Å². The van der Waals surface area contributed by atoms with Crippen LogP contribution < -0.4 is 24.3 Å². The zero-order valence-corrected chi connectivity index (χ0v) is 17.3. The summed E-state index contributed by atoms with van der Waals surface area (Å²) in [5, 5.41) is 0.931. The maximum atomic E-state index is 12.9. The van der Waals surface area contributed by atoms with E-state index >= 15 is 0 Å². The van der Waals surface area contributed by atoms with Crippen molar-refractivity contribution in [2.75, 3.05) is 27.9 Å². The molecule has 7 heteroatoms. The number of carbonyl (C=O) groups is 1. The molecule has 2 aromatic rings. The molecule has 0 aliphatic carbocycles. The number of hydrogen-bond donors (Lipinski definition) is 0. The topological polar surface area (TPSA) is 54.0 Å². The minimum absolute atomic E-state index is 0. The van der Waals surface area contributed by atoms with E-state index in [0.29, 0.717) is 29.4 Å². The Balaban J connectivity index is 0.00000392. The van der Waals surface area contributed by atoms with Crippen molar-refractivity contribution in [3.63, 3.8) is 0 Å². The Morgan fingerprint density at radius 2 is 1.50 bits per heavy atom. The predicted molar refractivity (Wildman–Crippen MR) is 117 cm³/mol. The van der Waals surface area contributed by atoms with Crippen LogP contribution in [-0.4, -0.2) is 52.3 Å². The zero-order valence-electron chi connectivity index (χ0n) is 16.3. The third-order valence-corrected chi connectivity index (χ3v) is 5.17. The SMILES string of the molecule is CCCCCOc1ccc(PC(=O)c2c(OC)cc(OC)cc2OC)cc1.[LiH]. The molecule has 0 fully saturated rings. The average Bonchev–Trinajstić information content (AvgIpc) is 2.71. The second kappa shape index (κ2) is 12.7. The summed E-state index contributed by atoms with van der Waals surface area (Å²) >= 11 is 0. The number of carbonyl (C=O) groups excluding carboxylic acids is 1. The molecule has 2 rings (SSSR count). The van der Waals surface area contributed by atoms with Crippen LogP contribution in [0.3, 0.4) is 0 Å². The molecule has 0 N–H and O–H groups in total. The fourth-order valence-electron chi connectivity index (χ4n) is 2.60. The first-order valence-electron chi connectivity index (χ1n) is 8.97. The van der Waals surface area contributed by atoms with Gasteiger partial charge < -0.3 is 18.9 Å². The monoisotopic (exact) mass is 398 g/mol. The molecule has 2 aromatic carbocycles. The molecule has 5 nitrogen and oxygen atoms in total. The molecule has 1 atom stereocenters. The van der Waals surface area contributed by atoms with Crippen molar-refractivity contribution >= 4 is 38.3 Å². The van der Waals surface area contributed by atoms with E-state index in [9.17, 15) is 4.79 Å². The second-order valence-corrected chi connectivity index (χ2v) is 7.22. The van der Waals surface area contributed by atoms with Crippen molar-refractivity contribution in [1.29, 1.82) is 0 Å². The van der Waals surface area contributed by atoms with Gasteiger partial charge in [0.05, 0.1) is 27.9 Å². The van der Waals surface area contributed by atoms with Gasteiger partial charge in [0.1, 0.15) is 28.6 Å². The van der Waals surface area contributed by atoms with E-state index in [1.807, 2.05) is 24.3 Å². The molecule has 0 radical (unpaired) electrons. The molecule has 0 aliphatic heterocycles. The van der Waals surface area contributed by atoms with Gasteiger partial charge in [0.25, 0.3) is 0 Å². The summed E-state index contributed by atoms with van der Waals surface area (Å²) in [5.74, 6) is 2.29. The first-order chi connectivity index (χ1) is 13.1. The third kappa shape index (κ3) is 6.74. The summed E-state index contributed by atoms with van der Waals surface area (Å²) in [5.41, 5.74) is 0.377. The first-order valence-corrected chi connectivity index (χ1v) is 9.97. The van der Waals surface area contributed by atoms with E-state index < -0.39 is 0 Å². The number of unbranched alkanes of at least 4 members (excludes halogenated alkanes) is 2. The summed E-state index contributed by atoms with van der Waals surface area (Å²) in [6.45, 7) is 2.88. The van der Waals surface area contributed by atoms with Crippen molar-refractivity contribution in [1.82, 2.24) is 0 Å². The summed E-state index contributed by atoms with van der Waals surface area (Å²) in [6.07, 6.45) is 3.39. The van der Waals surface area contributed by atoms with Crippen molar-refractivity contribution in [2.24, 2.45) is 0 Å². The average molecular weight is 398 g/mol. The molecule has 28 heavy (non-hydrogen) atoms. The molecule has 0 amide bonds. The van der Waals surface area contributed by atoms with Crippen LogP contribution in [0.4, 0.5) is 0 Å². The van der Waals surface area contributed by atoms with E-state index in [2.05, 4.69) is 6.92 Å². The summed E-state index contributed by atoms with van der Waals surface area (Å²) in [6, 6.07) is 11.0. The molecule has 0 spiro atoms. The Labute approximate surface area is 181 Å². The van der Waals surface area contributed by atoms with E-state index in [0.717, 1.165) is 17.5 Å². The van der Waals surface area contributed by atoms with Crippen LogP contribution in [0.2, 0.25) is 0 Å². The van der Waals surface area contributed by atoms with Crippen LogP contribution in [-0.2, 0) is 0 Å². The van der Waals surface area contributed by atoms with Gasteiger partial charge in [-0.1, -0.05) is 31.9 Å². The number of benzene rings is 2. The molecule has 0 aliphatic rings. The quantitative estimate of drug-likeness (QED) is 0.328. The number of hydrogen-bond acceptors (Lipinski definition) is 5. The molecule has 0 aromatic heterocycles. The van der Waals surface area contributed by atoms with Crippen molar-refractivity contribution in [3.05, 3.63) is 42.0 Å². The van der Waals surface area contributed by atoms with E-state index in [1.54, 1.807) is 19.2 Å². The summed E-state index contributed by atoms with van der Waals surface area (Å²) in [7, 11) is 4.57. The first kappa shape index (κ1) is 24.4. The van der Waals surface area contributed by atoms with Crippen molar-refractivity contribution in [2.45, 2.75) is 26.2 Å². The fourth-order valence-corrected chi connectivity index (χ4v) is 3.57. The van der Waals surface area contributed by atoms with Crippen LogP contribution in [0.15, 0.2) is 36.4 Å². The van der Waals surface area contributed by atoms with Crippen LogP contribution >= 0.6 is 8.58 Å². The second-order valence-electron chi connectivity index (χ2n) is 5.94. The number of methoxy groups -OCH3 is 3. The van der Waals surface area contributed by atoms with Crippen LogP contribution in [0.5, 0.6) is 23.0 Å². The molecule has 1 unspecified atom stereocenters. The fraction of sp³-hybridized carbons (Fsp3) is 0.381. The standard InChI is InChI=1S/C21H27O5P.Li.H/c1-5-6-7-12-26-15-8-10-17(11-9-15)27-21(22)20-18(24-3)13-16(23-2)14-19(20)25-4;;/h8-11,13-14,27H,5-7,12H2,1-4H3;;. The Morgan fingerprint density at radius 3 is 2.00 bits per heavy atom. The van der Waals surface area contributed by atoms with Gasteiger partial charge >= 0.3 is 18.9 Å². The van der Waals surface area contributed by atoms with E-state index in [1.165, 1.54) is 27.1 Å². The Bertz CT molecular complexity index is 724. The minimum atomic E-state index is -0.0528. The molecule has 0 saturated heterocycles. The Morgan fingerprint density at radius 1 is 0.893 bits per heavy atom. The van der Waals surface area contributed by atoms with Crippen molar-refractivity contribution in [3.8, 4) is 23.0 Å². The number of ether oxygens (including phenoxy) is 4. The Kier molecular flexibility index (Phi) is 11.1. The molecule has 0 heterocycles.